The van der Waals surface area contributed by atoms with Crippen molar-refractivity contribution in [1.29, 1.82) is 0 Å². The third kappa shape index (κ3) is 2.42. The van der Waals surface area contributed by atoms with E-state index in [0.29, 0.717) is 5.15 Å². The van der Waals surface area contributed by atoms with Gasteiger partial charge in [-0.25, -0.2) is 9.97 Å². The molecule has 106 valence electrons. The summed E-state index contributed by atoms with van der Waals surface area (Å²) in [7, 11) is 0. The monoisotopic (exact) mass is 307 g/mol. The van der Waals surface area contributed by atoms with Crippen LogP contribution in [0.3, 0.4) is 0 Å². The van der Waals surface area contributed by atoms with Crippen molar-refractivity contribution in [3.63, 3.8) is 0 Å². The van der Waals surface area contributed by atoms with Crippen molar-refractivity contribution in [3.8, 4) is 0 Å². The van der Waals surface area contributed by atoms with Gasteiger partial charge in [-0.3, -0.25) is 0 Å². The first-order valence-corrected chi connectivity index (χ1v) is 8.16. The van der Waals surface area contributed by atoms with Crippen molar-refractivity contribution in [3.05, 3.63) is 38.4 Å². The number of fused-ring (bicyclic) bond motifs is 1. The van der Waals surface area contributed by atoms with Gasteiger partial charge < -0.3 is 4.90 Å². The summed E-state index contributed by atoms with van der Waals surface area (Å²) >= 11 is 8.14. The summed E-state index contributed by atoms with van der Waals surface area (Å²) in [5.41, 5.74) is 2.40. The Bertz CT molecular complexity index is 636. The summed E-state index contributed by atoms with van der Waals surface area (Å²) in [6, 6.07) is 2.22. The molecule has 0 aromatic carbocycles. The largest absolute Gasteiger partial charge is 0.352 e. The van der Waals surface area contributed by atoms with Gasteiger partial charge >= 0.3 is 0 Å². The average molecular weight is 308 g/mol. The lowest BCUT2D eigenvalue weighted by atomic mass is 10.1. The van der Waals surface area contributed by atoms with Crippen LogP contribution in [-0.2, 0) is 13.0 Å². The van der Waals surface area contributed by atoms with E-state index < -0.39 is 0 Å². The van der Waals surface area contributed by atoms with Crippen LogP contribution >= 0.6 is 22.9 Å². The Morgan fingerprint density at radius 2 is 2.15 bits per heavy atom. The second-order valence-corrected chi connectivity index (χ2v) is 6.88. The molecular weight excluding hydrogens is 290 g/mol. The molecule has 3 heterocycles. The summed E-state index contributed by atoms with van der Waals surface area (Å²) in [4.78, 5) is 13.0. The summed E-state index contributed by atoms with van der Waals surface area (Å²) in [6.07, 6.45) is 1.09. The Morgan fingerprint density at radius 3 is 2.90 bits per heavy atom. The second-order valence-electron chi connectivity index (χ2n) is 5.52. The smallest absolute Gasteiger partial charge is 0.137 e. The van der Waals surface area contributed by atoms with Crippen molar-refractivity contribution in [1.82, 2.24) is 9.97 Å². The van der Waals surface area contributed by atoms with E-state index >= 15 is 0 Å². The molecule has 0 N–H and O–H groups in total. The van der Waals surface area contributed by atoms with E-state index in [9.17, 15) is 0 Å². The first-order chi connectivity index (χ1) is 9.56. The van der Waals surface area contributed by atoms with Crippen LogP contribution < -0.4 is 4.90 Å². The molecule has 2 aromatic heterocycles. The molecule has 0 amide bonds. The number of anilines is 1. The Hall–Kier alpha value is -1.13. The molecule has 0 saturated heterocycles. The molecule has 0 unspecified atom stereocenters. The van der Waals surface area contributed by atoms with E-state index in [1.54, 1.807) is 0 Å². The molecule has 2 aromatic rings. The van der Waals surface area contributed by atoms with Crippen LogP contribution in [0.5, 0.6) is 0 Å². The van der Waals surface area contributed by atoms with E-state index in [-0.39, 0.29) is 5.92 Å². The SMILES string of the molecule is Cc1c(Cl)nc(C(C)C)nc1N1CCc2sccc2C1. The highest BCUT2D eigenvalue weighted by atomic mass is 35.5. The average Bonchev–Trinajstić information content (AvgIpc) is 2.88. The first kappa shape index (κ1) is 13.8. The van der Waals surface area contributed by atoms with Crippen molar-refractivity contribution in [2.45, 2.75) is 39.7 Å². The van der Waals surface area contributed by atoms with E-state index in [4.69, 9.17) is 16.6 Å². The second kappa shape index (κ2) is 5.34. The molecule has 0 spiro atoms. The fraction of sp³-hybridized carbons (Fsp3) is 0.467. The number of aromatic nitrogens is 2. The van der Waals surface area contributed by atoms with Gasteiger partial charge in [0.15, 0.2) is 0 Å². The van der Waals surface area contributed by atoms with Crippen LogP contribution in [0.25, 0.3) is 0 Å². The quantitative estimate of drug-likeness (QED) is 0.779. The van der Waals surface area contributed by atoms with Crippen molar-refractivity contribution < 1.29 is 0 Å². The summed E-state index contributed by atoms with van der Waals surface area (Å²) in [6.45, 7) is 8.12. The Balaban J connectivity index is 1.98. The van der Waals surface area contributed by atoms with Gasteiger partial charge in [-0.15, -0.1) is 11.3 Å². The number of thiophene rings is 1. The normalized spacial score (nSPS) is 14.8. The fourth-order valence-corrected chi connectivity index (χ4v) is 3.55. The highest BCUT2D eigenvalue weighted by molar-refractivity contribution is 7.10. The highest BCUT2D eigenvalue weighted by Gasteiger charge is 2.22. The van der Waals surface area contributed by atoms with E-state index in [1.807, 2.05) is 18.3 Å². The predicted molar refractivity (Wildman–Crippen MR) is 84.9 cm³/mol. The molecule has 20 heavy (non-hydrogen) atoms. The maximum absolute atomic E-state index is 6.29. The van der Waals surface area contributed by atoms with Crippen molar-refractivity contribution >= 4 is 28.8 Å². The standard InChI is InChI=1S/C15H18ClN3S/c1-9(2)14-17-13(16)10(3)15(18-14)19-6-4-12-11(8-19)5-7-20-12/h5,7,9H,4,6,8H2,1-3H3. The molecule has 0 saturated carbocycles. The van der Waals surface area contributed by atoms with Crippen molar-refractivity contribution in [2.75, 3.05) is 11.4 Å². The van der Waals surface area contributed by atoms with Gasteiger partial charge in [0.05, 0.1) is 0 Å². The lowest BCUT2D eigenvalue weighted by Gasteiger charge is -2.29. The van der Waals surface area contributed by atoms with Gasteiger partial charge in [-0.2, -0.15) is 0 Å². The van der Waals surface area contributed by atoms with Crippen molar-refractivity contribution in [2.24, 2.45) is 0 Å². The van der Waals surface area contributed by atoms with Crippen LogP contribution in [0.1, 0.15) is 41.6 Å². The Kier molecular flexibility index (Phi) is 3.69. The molecule has 0 aliphatic carbocycles. The zero-order chi connectivity index (χ0) is 14.3. The zero-order valence-electron chi connectivity index (χ0n) is 12.0. The minimum atomic E-state index is 0.286. The first-order valence-electron chi connectivity index (χ1n) is 6.90. The molecule has 1 aliphatic rings. The molecule has 1 aliphatic heterocycles. The fourth-order valence-electron chi connectivity index (χ4n) is 2.49. The van der Waals surface area contributed by atoms with Gasteiger partial charge in [0.1, 0.15) is 16.8 Å². The third-order valence-corrected chi connectivity index (χ3v) is 5.09. The van der Waals surface area contributed by atoms with Crippen LogP contribution in [0.4, 0.5) is 5.82 Å². The minimum Gasteiger partial charge on any atom is -0.352 e. The van der Waals surface area contributed by atoms with Crippen LogP contribution in [-0.4, -0.2) is 16.5 Å². The van der Waals surface area contributed by atoms with Gasteiger partial charge in [0.2, 0.25) is 0 Å². The molecule has 5 heteroatoms. The van der Waals surface area contributed by atoms with Crippen LogP contribution in [0.15, 0.2) is 11.4 Å². The van der Waals surface area contributed by atoms with Gasteiger partial charge in [0.25, 0.3) is 0 Å². The maximum Gasteiger partial charge on any atom is 0.137 e. The van der Waals surface area contributed by atoms with E-state index in [1.165, 1.54) is 10.4 Å². The highest BCUT2D eigenvalue weighted by Crippen LogP contribution is 2.31. The van der Waals surface area contributed by atoms with Gasteiger partial charge in [-0.1, -0.05) is 25.4 Å². The van der Waals surface area contributed by atoms with Gasteiger partial charge in [0, 0.05) is 29.4 Å². The molecule has 0 radical (unpaired) electrons. The molecule has 0 bridgehead atoms. The molecule has 3 rings (SSSR count). The Morgan fingerprint density at radius 1 is 1.35 bits per heavy atom. The van der Waals surface area contributed by atoms with Crippen LogP contribution in [0.2, 0.25) is 5.15 Å². The summed E-state index contributed by atoms with van der Waals surface area (Å²) in [5.74, 6) is 2.10. The molecule has 3 nitrogen and oxygen atoms in total. The number of rotatable bonds is 2. The topological polar surface area (TPSA) is 29.0 Å². The third-order valence-electron chi connectivity index (χ3n) is 3.70. The number of hydrogen-bond acceptors (Lipinski definition) is 4. The Labute approximate surface area is 128 Å². The lowest BCUT2D eigenvalue weighted by molar-refractivity contribution is 0.706. The summed E-state index contributed by atoms with van der Waals surface area (Å²) in [5, 5.41) is 2.75. The van der Waals surface area contributed by atoms with Crippen LogP contribution in [0, 0.1) is 6.92 Å². The van der Waals surface area contributed by atoms with Gasteiger partial charge in [-0.05, 0) is 30.4 Å². The molecular formula is C15H18ClN3S. The van der Waals surface area contributed by atoms with E-state index in [0.717, 1.165) is 36.7 Å². The lowest BCUT2D eigenvalue weighted by Crippen LogP contribution is -2.31. The molecule has 0 atom stereocenters. The van der Waals surface area contributed by atoms with E-state index in [2.05, 4.69) is 35.2 Å². The number of halogens is 1. The summed E-state index contributed by atoms with van der Waals surface area (Å²) < 4.78 is 0. The maximum atomic E-state index is 6.29. The number of hydrogen-bond donors (Lipinski definition) is 0. The number of nitrogens with zero attached hydrogens (tertiary/aromatic N) is 3. The minimum absolute atomic E-state index is 0.286. The zero-order valence-corrected chi connectivity index (χ0v) is 13.6. The predicted octanol–water partition coefficient (Wildman–Crippen LogP) is 4.19. The molecule has 0 fully saturated rings.